The van der Waals surface area contributed by atoms with Gasteiger partial charge >= 0.3 is 0 Å². The Balaban J connectivity index is 1.86. The number of anilines is 4. The van der Waals surface area contributed by atoms with Crippen molar-refractivity contribution in [3.63, 3.8) is 0 Å². The molecule has 0 unspecified atom stereocenters. The van der Waals surface area contributed by atoms with E-state index in [1.54, 1.807) is 0 Å². The minimum Gasteiger partial charge on any atom is -0.339 e. The summed E-state index contributed by atoms with van der Waals surface area (Å²) in [4.78, 5) is 4.19. The highest BCUT2D eigenvalue weighted by atomic mass is 19.1. The van der Waals surface area contributed by atoms with E-state index in [1.165, 1.54) is 12.3 Å². The van der Waals surface area contributed by atoms with Gasteiger partial charge in [-0.15, -0.1) is 5.10 Å². The lowest BCUT2D eigenvalue weighted by Gasteiger charge is -2.11. The Morgan fingerprint density at radius 3 is 2.46 bits per heavy atom. The summed E-state index contributed by atoms with van der Waals surface area (Å²) >= 11 is 0. The molecule has 0 radical (unpaired) electrons. The van der Waals surface area contributed by atoms with Crippen LogP contribution in [0.2, 0.25) is 0 Å². The Labute approximate surface area is 137 Å². The molecule has 0 aliphatic heterocycles. The van der Waals surface area contributed by atoms with E-state index in [4.69, 9.17) is 0 Å². The quantitative estimate of drug-likeness (QED) is 0.750. The predicted molar refractivity (Wildman–Crippen MR) is 88.7 cm³/mol. The molecule has 5 nitrogen and oxygen atoms in total. The molecule has 24 heavy (non-hydrogen) atoms. The van der Waals surface area contributed by atoms with Crippen molar-refractivity contribution in [1.82, 2.24) is 15.2 Å². The van der Waals surface area contributed by atoms with Crippen molar-refractivity contribution in [3.05, 3.63) is 65.4 Å². The Morgan fingerprint density at radius 1 is 0.958 bits per heavy atom. The van der Waals surface area contributed by atoms with Gasteiger partial charge in [-0.1, -0.05) is 18.2 Å². The number of aryl methyl sites for hydroxylation is 2. The summed E-state index contributed by atoms with van der Waals surface area (Å²) in [6, 6.07) is 9.55. The zero-order chi connectivity index (χ0) is 17.1. The first-order valence-corrected chi connectivity index (χ1v) is 7.28. The molecule has 2 aromatic carbocycles. The first-order valence-electron chi connectivity index (χ1n) is 7.28. The average molecular weight is 327 g/mol. The number of hydrogen-bond acceptors (Lipinski definition) is 5. The zero-order valence-corrected chi connectivity index (χ0v) is 13.1. The monoisotopic (exact) mass is 327 g/mol. The van der Waals surface area contributed by atoms with Crippen LogP contribution in [0.15, 0.2) is 42.6 Å². The summed E-state index contributed by atoms with van der Waals surface area (Å²) in [7, 11) is 0. The van der Waals surface area contributed by atoms with Crippen LogP contribution in [0.4, 0.5) is 31.9 Å². The van der Waals surface area contributed by atoms with Gasteiger partial charge in [0.1, 0.15) is 17.3 Å². The molecule has 2 N–H and O–H groups in total. The second-order valence-electron chi connectivity index (χ2n) is 5.33. The number of halogens is 2. The number of para-hydroxylation sites is 1. The lowest BCUT2D eigenvalue weighted by molar-refractivity contribution is 0.590. The maximum Gasteiger partial charge on any atom is 0.249 e. The summed E-state index contributed by atoms with van der Waals surface area (Å²) in [5, 5.41) is 13.2. The average Bonchev–Trinajstić information content (AvgIpc) is 2.55. The third-order valence-electron chi connectivity index (χ3n) is 3.41. The van der Waals surface area contributed by atoms with Crippen LogP contribution in [0.25, 0.3) is 0 Å². The van der Waals surface area contributed by atoms with Crippen LogP contribution in [0.1, 0.15) is 11.1 Å². The first-order chi connectivity index (χ1) is 11.5. The van der Waals surface area contributed by atoms with Crippen LogP contribution >= 0.6 is 0 Å². The van der Waals surface area contributed by atoms with Crippen LogP contribution < -0.4 is 10.6 Å². The molecular formula is C17H15F2N5. The summed E-state index contributed by atoms with van der Waals surface area (Å²) < 4.78 is 27.4. The molecular weight excluding hydrogens is 312 g/mol. The Hall–Kier alpha value is -3.09. The summed E-state index contributed by atoms with van der Waals surface area (Å²) in [6.45, 7) is 3.95. The SMILES string of the molecule is Cc1ccc(C)c(Nc2cnnc(Nc3c(F)cccc3F)n2)c1. The molecule has 3 aromatic rings. The third-order valence-corrected chi connectivity index (χ3v) is 3.41. The largest absolute Gasteiger partial charge is 0.339 e. The van der Waals surface area contributed by atoms with Crippen molar-refractivity contribution < 1.29 is 8.78 Å². The smallest absolute Gasteiger partial charge is 0.249 e. The Morgan fingerprint density at radius 2 is 1.71 bits per heavy atom. The van der Waals surface area contributed by atoms with Crippen LogP contribution in [0.3, 0.4) is 0 Å². The number of aromatic nitrogens is 3. The van der Waals surface area contributed by atoms with Gasteiger partial charge in [0, 0.05) is 5.69 Å². The lowest BCUT2D eigenvalue weighted by atomic mass is 10.1. The van der Waals surface area contributed by atoms with Crippen LogP contribution in [0.5, 0.6) is 0 Å². The van der Waals surface area contributed by atoms with E-state index in [1.807, 2.05) is 32.0 Å². The minimum absolute atomic E-state index is 0.00527. The van der Waals surface area contributed by atoms with E-state index in [2.05, 4.69) is 25.8 Å². The van der Waals surface area contributed by atoms with Gasteiger partial charge in [-0.2, -0.15) is 10.1 Å². The molecule has 3 rings (SSSR count). The summed E-state index contributed by atoms with van der Waals surface area (Å²) in [5.41, 5.74) is 2.69. The van der Waals surface area contributed by atoms with E-state index < -0.39 is 11.6 Å². The molecule has 0 aliphatic rings. The molecule has 0 saturated heterocycles. The number of hydrogen-bond donors (Lipinski definition) is 2. The minimum atomic E-state index is -0.730. The highest BCUT2D eigenvalue weighted by Crippen LogP contribution is 2.23. The van der Waals surface area contributed by atoms with Crippen molar-refractivity contribution in [2.45, 2.75) is 13.8 Å². The predicted octanol–water partition coefficient (Wildman–Crippen LogP) is 4.25. The number of nitrogens with one attached hydrogen (secondary N) is 2. The Bertz CT molecular complexity index is 862. The number of benzene rings is 2. The Kier molecular flexibility index (Phi) is 4.33. The van der Waals surface area contributed by atoms with Gasteiger partial charge in [-0.25, -0.2) is 8.78 Å². The summed E-state index contributed by atoms with van der Waals surface area (Å²) in [5.74, 6) is -1.05. The van der Waals surface area contributed by atoms with Gasteiger partial charge in [0.25, 0.3) is 0 Å². The maximum atomic E-state index is 13.7. The number of rotatable bonds is 4. The topological polar surface area (TPSA) is 62.7 Å². The second-order valence-corrected chi connectivity index (χ2v) is 5.33. The fourth-order valence-electron chi connectivity index (χ4n) is 2.15. The van der Waals surface area contributed by atoms with Crippen molar-refractivity contribution in [2.75, 3.05) is 10.6 Å². The standard InChI is InChI=1S/C17H15F2N5/c1-10-6-7-11(2)14(8-10)21-15-9-20-24-17(22-15)23-16-12(18)4-3-5-13(16)19/h3-9H,1-2H3,(H2,21,22,23,24). The first kappa shape index (κ1) is 15.8. The third kappa shape index (κ3) is 3.45. The van der Waals surface area contributed by atoms with E-state index in [0.717, 1.165) is 28.9 Å². The van der Waals surface area contributed by atoms with Crippen molar-refractivity contribution in [1.29, 1.82) is 0 Å². The second kappa shape index (κ2) is 6.57. The molecule has 0 saturated carbocycles. The van der Waals surface area contributed by atoms with Crippen molar-refractivity contribution in [3.8, 4) is 0 Å². The molecule has 7 heteroatoms. The van der Waals surface area contributed by atoms with Crippen LogP contribution in [-0.4, -0.2) is 15.2 Å². The van der Waals surface area contributed by atoms with Gasteiger partial charge in [-0.05, 0) is 43.2 Å². The molecule has 0 amide bonds. The van der Waals surface area contributed by atoms with Crippen molar-refractivity contribution in [2.24, 2.45) is 0 Å². The molecule has 122 valence electrons. The number of nitrogens with zero attached hydrogens (tertiary/aromatic N) is 3. The van der Waals surface area contributed by atoms with Crippen LogP contribution in [-0.2, 0) is 0 Å². The van der Waals surface area contributed by atoms with Crippen molar-refractivity contribution >= 4 is 23.1 Å². The molecule has 1 heterocycles. The van der Waals surface area contributed by atoms with E-state index in [9.17, 15) is 8.78 Å². The van der Waals surface area contributed by atoms with E-state index >= 15 is 0 Å². The van der Waals surface area contributed by atoms with E-state index in [-0.39, 0.29) is 11.6 Å². The molecule has 0 fully saturated rings. The van der Waals surface area contributed by atoms with Gasteiger partial charge in [0.05, 0.1) is 6.20 Å². The molecule has 0 atom stereocenters. The van der Waals surface area contributed by atoms with Gasteiger partial charge < -0.3 is 10.6 Å². The summed E-state index contributed by atoms with van der Waals surface area (Å²) in [6.07, 6.45) is 1.44. The maximum absolute atomic E-state index is 13.7. The fourth-order valence-corrected chi connectivity index (χ4v) is 2.15. The lowest BCUT2D eigenvalue weighted by Crippen LogP contribution is -2.05. The molecule has 0 aliphatic carbocycles. The normalized spacial score (nSPS) is 10.5. The van der Waals surface area contributed by atoms with Gasteiger partial charge in [-0.3, -0.25) is 0 Å². The highest BCUT2D eigenvalue weighted by molar-refractivity contribution is 5.62. The van der Waals surface area contributed by atoms with Gasteiger partial charge in [0.2, 0.25) is 5.95 Å². The molecule has 0 spiro atoms. The van der Waals surface area contributed by atoms with Crippen LogP contribution in [0, 0.1) is 25.5 Å². The van der Waals surface area contributed by atoms with E-state index in [0.29, 0.717) is 5.82 Å². The molecule has 1 aromatic heterocycles. The van der Waals surface area contributed by atoms with Gasteiger partial charge in [0.15, 0.2) is 5.82 Å². The highest BCUT2D eigenvalue weighted by Gasteiger charge is 2.11. The molecule has 0 bridgehead atoms. The fraction of sp³-hybridized carbons (Fsp3) is 0.118. The zero-order valence-electron chi connectivity index (χ0n) is 13.1.